The summed E-state index contributed by atoms with van der Waals surface area (Å²) in [6.45, 7) is 0. The average molecular weight is 674 g/mol. The van der Waals surface area contributed by atoms with Gasteiger partial charge in [-0.05, 0) is 108 Å². The van der Waals surface area contributed by atoms with Crippen LogP contribution >= 0.6 is 0 Å². The Morgan fingerprint density at radius 1 is 0.415 bits per heavy atom. The molecule has 1 aromatic heterocycles. The number of nitrogens with zero attached hydrogens (tertiary/aromatic N) is 3. The number of nitriles is 1. The van der Waals surface area contributed by atoms with Crippen molar-refractivity contribution in [3.05, 3.63) is 194 Å². The van der Waals surface area contributed by atoms with E-state index in [1.54, 1.807) is 0 Å². The Kier molecular flexibility index (Phi) is 7.20. The van der Waals surface area contributed by atoms with Crippen LogP contribution in [0.25, 0.3) is 93.8 Å². The van der Waals surface area contributed by atoms with Crippen molar-refractivity contribution in [3.63, 3.8) is 0 Å². The van der Waals surface area contributed by atoms with E-state index in [9.17, 15) is 5.26 Å². The first-order chi connectivity index (χ1) is 26.2. The third-order valence-corrected chi connectivity index (χ3v) is 10.4. The topological polar surface area (TPSA) is 41.6 Å². The van der Waals surface area contributed by atoms with Crippen LogP contribution in [0, 0.1) is 11.3 Å². The Morgan fingerprint density at radius 2 is 1.00 bits per heavy atom. The Balaban J connectivity index is 1.20. The van der Waals surface area contributed by atoms with Gasteiger partial charge in [0.05, 0.1) is 22.7 Å². The Bertz CT molecular complexity index is 3020. The van der Waals surface area contributed by atoms with Crippen LogP contribution in [0.3, 0.4) is 0 Å². The third kappa shape index (κ3) is 5.16. The fourth-order valence-corrected chi connectivity index (χ4v) is 7.97. The van der Waals surface area contributed by atoms with Crippen LogP contribution in [0.2, 0.25) is 0 Å². The zero-order valence-electron chi connectivity index (χ0n) is 28.7. The summed E-state index contributed by atoms with van der Waals surface area (Å²) in [5.41, 5.74) is 11.4. The van der Waals surface area contributed by atoms with Gasteiger partial charge in [-0.25, -0.2) is 4.98 Å². The first kappa shape index (κ1) is 30.5. The molecule has 0 aliphatic heterocycles. The molecule has 0 saturated carbocycles. The summed E-state index contributed by atoms with van der Waals surface area (Å²) < 4.78 is 2.22. The number of hydrogen-bond donors (Lipinski definition) is 0. The minimum Gasteiger partial charge on any atom is -0.292 e. The largest absolute Gasteiger partial charge is 0.292 e. The van der Waals surface area contributed by atoms with Crippen LogP contribution < -0.4 is 0 Å². The maximum atomic E-state index is 9.76. The molecule has 246 valence electrons. The molecule has 3 nitrogen and oxygen atoms in total. The molecule has 0 fully saturated rings. The van der Waals surface area contributed by atoms with Gasteiger partial charge in [0.2, 0.25) is 0 Å². The van der Waals surface area contributed by atoms with Gasteiger partial charge in [-0.3, -0.25) is 4.57 Å². The molecular weight excluding hydrogens is 643 g/mol. The van der Waals surface area contributed by atoms with Crippen molar-refractivity contribution in [1.29, 1.82) is 5.26 Å². The quantitative estimate of drug-likeness (QED) is 0.171. The van der Waals surface area contributed by atoms with Gasteiger partial charge in [0.1, 0.15) is 5.82 Å². The molecule has 0 unspecified atom stereocenters. The Hall–Kier alpha value is -7.28. The standard InChI is InChI=1S/C50H31N3/c51-32-33-24-27-47-46(28-33)52-50(53(47)41-19-11-16-37(31-41)34-12-2-1-3-13-34)40-18-10-17-38(30-40)48-42-20-6-8-22-44(42)49(45-23-9-7-21-43(45)48)39-26-25-35-14-4-5-15-36(35)29-39/h1-31H. The molecule has 0 aliphatic rings. The number of rotatable bonds is 5. The second-order valence-corrected chi connectivity index (χ2v) is 13.5. The summed E-state index contributed by atoms with van der Waals surface area (Å²) in [6, 6.07) is 68.8. The summed E-state index contributed by atoms with van der Waals surface area (Å²) >= 11 is 0. The summed E-state index contributed by atoms with van der Waals surface area (Å²) in [7, 11) is 0. The second kappa shape index (κ2) is 12.5. The predicted octanol–water partition coefficient (Wildman–Crippen LogP) is 13.0. The lowest BCUT2D eigenvalue weighted by Gasteiger charge is -2.18. The van der Waals surface area contributed by atoms with Crippen molar-refractivity contribution >= 4 is 43.4 Å². The number of fused-ring (bicyclic) bond motifs is 4. The molecule has 0 atom stereocenters. The smallest absolute Gasteiger partial charge is 0.145 e. The highest BCUT2D eigenvalue weighted by Gasteiger charge is 2.20. The van der Waals surface area contributed by atoms with E-state index in [1.165, 1.54) is 49.0 Å². The molecule has 0 amide bonds. The van der Waals surface area contributed by atoms with Crippen LogP contribution in [0.1, 0.15) is 5.56 Å². The van der Waals surface area contributed by atoms with Crippen molar-refractivity contribution in [2.24, 2.45) is 0 Å². The molecule has 53 heavy (non-hydrogen) atoms. The lowest BCUT2D eigenvalue weighted by Crippen LogP contribution is -1.98. The highest BCUT2D eigenvalue weighted by molar-refractivity contribution is 6.21. The van der Waals surface area contributed by atoms with Gasteiger partial charge in [0.15, 0.2) is 0 Å². The molecule has 0 spiro atoms. The molecule has 0 aliphatic carbocycles. The van der Waals surface area contributed by atoms with E-state index in [-0.39, 0.29) is 0 Å². The number of benzene rings is 9. The van der Waals surface area contributed by atoms with Crippen LogP contribution in [-0.4, -0.2) is 9.55 Å². The molecule has 3 heteroatoms. The first-order valence-corrected chi connectivity index (χ1v) is 17.9. The zero-order valence-corrected chi connectivity index (χ0v) is 28.7. The minimum absolute atomic E-state index is 0.588. The van der Waals surface area contributed by atoms with Crippen molar-refractivity contribution in [2.45, 2.75) is 0 Å². The van der Waals surface area contributed by atoms with Crippen LogP contribution in [0.5, 0.6) is 0 Å². The molecule has 0 radical (unpaired) electrons. The molecule has 10 rings (SSSR count). The number of aromatic nitrogens is 2. The van der Waals surface area contributed by atoms with Crippen LogP contribution in [0.4, 0.5) is 0 Å². The summed E-state index contributed by atoms with van der Waals surface area (Å²) in [5, 5.41) is 17.1. The molecule has 10 aromatic rings. The fraction of sp³-hybridized carbons (Fsp3) is 0. The lowest BCUT2D eigenvalue weighted by atomic mass is 9.85. The van der Waals surface area contributed by atoms with Gasteiger partial charge in [-0.15, -0.1) is 0 Å². The van der Waals surface area contributed by atoms with E-state index in [2.05, 4.69) is 174 Å². The van der Waals surface area contributed by atoms with Gasteiger partial charge in [-0.2, -0.15) is 5.26 Å². The van der Waals surface area contributed by atoms with E-state index >= 15 is 0 Å². The summed E-state index contributed by atoms with van der Waals surface area (Å²) in [6.07, 6.45) is 0. The van der Waals surface area contributed by atoms with E-state index < -0.39 is 0 Å². The van der Waals surface area contributed by atoms with Gasteiger partial charge < -0.3 is 0 Å². The molecule has 0 N–H and O–H groups in total. The lowest BCUT2D eigenvalue weighted by molar-refractivity contribution is 1.10. The normalized spacial score (nSPS) is 11.4. The molecular formula is C50H31N3. The third-order valence-electron chi connectivity index (χ3n) is 10.4. The maximum absolute atomic E-state index is 9.76. The van der Waals surface area contributed by atoms with Crippen molar-refractivity contribution < 1.29 is 0 Å². The van der Waals surface area contributed by atoms with Gasteiger partial charge in [0.25, 0.3) is 0 Å². The second-order valence-electron chi connectivity index (χ2n) is 13.5. The van der Waals surface area contributed by atoms with Gasteiger partial charge >= 0.3 is 0 Å². The van der Waals surface area contributed by atoms with Gasteiger partial charge in [0, 0.05) is 11.3 Å². The number of imidazole rings is 1. The first-order valence-electron chi connectivity index (χ1n) is 17.9. The predicted molar refractivity (Wildman–Crippen MR) is 220 cm³/mol. The number of hydrogen-bond acceptors (Lipinski definition) is 2. The molecule has 1 heterocycles. The Morgan fingerprint density at radius 3 is 1.72 bits per heavy atom. The van der Waals surface area contributed by atoms with Crippen LogP contribution in [-0.2, 0) is 0 Å². The van der Waals surface area contributed by atoms with Crippen molar-refractivity contribution in [2.75, 3.05) is 0 Å². The minimum atomic E-state index is 0.588. The van der Waals surface area contributed by atoms with Crippen molar-refractivity contribution in [3.8, 4) is 56.5 Å². The molecule has 9 aromatic carbocycles. The highest BCUT2D eigenvalue weighted by atomic mass is 15.1. The highest BCUT2D eigenvalue weighted by Crippen LogP contribution is 2.45. The average Bonchev–Trinajstić information content (AvgIpc) is 3.62. The zero-order chi connectivity index (χ0) is 35.3. The van der Waals surface area contributed by atoms with Crippen molar-refractivity contribution in [1.82, 2.24) is 9.55 Å². The summed E-state index contributed by atoms with van der Waals surface area (Å²) in [4.78, 5) is 5.22. The van der Waals surface area contributed by atoms with E-state index in [1.807, 2.05) is 24.3 Å². The van der Waals surface area contributed by atoms with E-state index in [0.29, 0.717) is 5.56 Å². The fourth-order valence-electron chi connectivity index (χ4n) is 7.97. The Labute approximate surface area is 307 Å². The van der Waals surface area contributed by atoms with E-state index in [4.69, 9.17) is 4.98 Å². The monoisotopic (exact) mass is 673 g/mol. The molecule has 0 saturated heterocycles. The summed E-state index contributed by atoms with van der Waals surface area (Å²) in [5.74, 6) is 0.823. The SMILES string of the molecule is N#Cc1ccc2c(c1)nc(-c1cccc(-c3c4ccccc4c(-c4ccc5ccccc5c4)c4ccccc34)c1)n2-c1cccc(-c2ccccc2)c1. The maximum Gasteiger partial charge on any atom is 0.145 e. The van der Waals surface area contributed by atoms with E-state index in [0.717, 1.165) is 44.8 Å². The molecule has 0 bridgehead atoms. The van der Waals surface area contributed by atoms with Crippen LogP contribution in [0.15, 0.2) is 188 Å². The van der Waals surface area contributed by atoms with Gasteiger partial charge in [-0.1, -0.05) is 146 Å².